The largest absolute Gasteiger partial charge is 0.360 e. The molecule has 0 aromatic carbocycles. The van der Waals surface area contributed by atoms with Crippen molar-refractivity contribution in [2.75, 3.05) is 11.1 Å². The van der Waals surface area contributed by atoms with E-state index in [1.54, 1.807) is 28.9 Å². The highest BCUT2D eigenvalue weighted by molar-refractivity contribution is 7.99. The lowest BCUT2D eigenvalue weighted by Crippen LogP contribution is -2.24. The molecule has 0 atom stereocenters. The van der Waals surface area contributed by atoms with Crippen molar-refractivity contribution < 1.29 is 9.32 Å². The highest BCUT2D eigenvalue weighted by atomic mass is 32.2. The number of unbranched alkanes of at least 4 members (excludes halogenated alkanes) is 3. The maximum absolute atomic E-state index is 13.4. The summed E-state index contributed by atoms with van der Waals surface area (Å²) in [6.45, 7) is 4.58. The van der Waals surface area contributed by atoms with Crippen molar-refractivity contribution in [1.82, 2.24) is 14.7 Å². The second-order valence-electron chi connectivity index (χ2n) is 7.61. The number of amides is 1. The molecule has 3 heterocycles. The summed E-state index contributed by atoms with van der Waals surface area (Å²) < 4.78 is 6.76. The van der Waals surface area contributed by atoms with Crippen LogP contribution in [0.15, 0.2) is 20.5 Å². The predicted octanol–water partition coefficient (Wildman–Crippen LogP) is 4.55. The third kappa shape index (κ3) is 4.46. The topological polar surface area (TPSA) is 90.0 Å². The van der Waals surface area contributed by atoms with E-state index in [0.717, 1.165) is 55.2 Å². The van der Waals surface area contributed by atoms with E-state index in [9.17, 15) is 9.59 Å². The molecule has 1 aliphatic carbocycles. The van der Waals surface area contributed by atoms with Gasteiger partial charge in [-0.15, -0.1) is 11.3 Å². The third-order valence-corrected chi connectivity index (χ3v) is 7.42. The summed E-state index contributed by atoms with van der Waals surface area (Å²) in [5, 5.41) is 7.92. The molecule has 1 aliphatic rings. The zero-order valence-corrected chi connectivity index (χ0v) is 19.0. The number of aromatic nitrogens is 3. The Kier molecular flexibility index (Phi) is 6.58. The Bertz CT molecular complexity index is 1120. The summed E-state index contributed by atoms with van der Waals surface area (Å²) in [7, 11) is 0. The first-order valence-corrected chi connectivity index (χ1v) is 12.3. The summed E-state index contributed by atoms with van der Waals surface area (Å²) in [6.07, 6.45) is 7.44. The van der Waals surface area contributed by atoms with Crippen LogP contribution in [0.1, 0.15) is 55.2 Å². The van der Waals surface area contributed by atoms with Gasteiger partial charge in [0.15, 0.2) is 11.0 Å². The van der Waals surface area contributed by atoms with Gasteiger partial charge in [-0.3, -0.25) is 14.2 Å². The van der Waals surface area contributed by atoms with Gasteiger partial charge in [0.25, 0.3) is 5.56 Å². The van der Waals surface area contributed by atoms with Gasteiger partial charge in [0.2, 0.25) is 5.91 Å². The quantitative estimate of drug-likeness (QED) is 0.294. The van der Waals surface area contributed by atoms with Crippen molar-refractivity contribution in [3.8, 4) is 0 Å². The number of hydrogen-bond acceptors (Lipinski definition) is 7. The zero-order valence-electron chi connectivity index (χ0n) is 17.3. The van der Waals surface area contributed by atoms with Gasteiger partial charge in [-0.05, 0) is 38.2 Å². The lowest BCUT2D eigenvalue weighted by molar-refractivity contribution is -0.113. The fourth-order valence-electron chi connectivity index (χ4n) is 3.80. The van der Waals surface area contributed by atoms with Crippen molar-refractivity contribution in [3.63, 3.8) is 0 Å². The minimum atomic E-state index is -0.200. The molecule has 0 saturated carbocycles. The maximum Gasteiger partial charge on any atom is 0.263 e. The first kappa shape index (κ1) is 21.1. The number of thiophene rings is 1. The van der Waals surface area contributed by atoms with Gasteiger partial charge >= 0.3 is 0 Å². The molecule has 0 saturated heterocycles. The van der Waals surface area contributed by atoms with E-state index < -0.39 is 0 Å². The van der Waals surface area contributed by atoms with Crippen LogP contribution < -0.4 is 10.9 Å². The second kappa shape index (κ2) is 9.34. The first-order chi connectivity index (χ1) is 14.6. The molecule has 7 nitrogen and oxygen atoms in total. The Morgan fingerprint density at radius 2 is 2.20 bits per heavy atom. The molecule has 30 heavy (non-hydrogen) atoms. The van der Waals surface area contributed by atoms with Crippen molar-refractivity contribution in [3.05, 3.63) is 32.6 Å². The number of hydrogen-bond donors (Lipinski definition) is 1. The van der Waals surface area contributed by atoms with Gasteiger partial charge in [0.05, 0.1) is 11.1 Å². The molecule has 1 amide bonds. The number of aryl methyl sites for hydroxylation is 3. The Balaban J connectivity index is 1.56. The minimum absolute atomic E-state index is 0.0472. The van der Waals surface area contributed by atoms with E-state index in [1.165, 1.54) is 22.2 Å². The average molecular weight is 447 g/mol. The van der Waals surface area contributed by atoms with Crippen LogP contribution in [0.2, 0.25) is 0 Å². The zero-order chi connectivity index (χ0) is 21.1. The molecule has 0 aliphatic heterocycles. The molecule has 0 bridgehead atoms. The number of nitrogens with zero attached hydrogens (tertiary/aromatic N) is 3. The van der Waals surface area contributed by atoms with E-state index in [2.05, 4.69) is 17.4 Å². The molecule has 3 aromatic heterocycles. The number of thioether (sulfide) groups is 1. The first-order valence-electron chi connectivity index (χ1n) is 10.5. The van der Waals surface area contributed by atoms with E-state index in [1.807, 2.05) is 0 Å². The van der Waals surface area contributed by atoms with Crippen molar-refractivity contribution in [2.45, 2.75) is 70.5 Å². The van der Waals surface area contributed by atoms with Gasteiger partial charge < -0.3 is 9.84 Å². The van der Waals surface area contributed by atoms with Gasteiger partial charge in [-0.25, -0.2) is 4.98 Å². The van der Waals surface area contributed by atoms with Crippen LogP contribution in [-0.2, 0) is 24.2 Å². The van der Waals surface area contributed by atoms with Crippen LogP contribution in [0, 0.1) is 6.92 Å². The van der Waals surface area contributed by atoms with Crippen molar-refractivity contribution >= 4 is 45.0 Å². The van der Waals surface area contributed by atoms with Crippen LogP contribution in [0.3, 0.4) is 0 Å². The lowest BCUT2D eigenvalue weighted by Gasteiger charge is -2.12. The highest BCUT2D eigenvalue weighted by Crippen LogP contribution is 2.35. The van der Waals surface area contributed by atoms with Crippen LogP contribution in [0.5, 0.6) is 0 Å². The predicted molar refractivity (Wildman–Crippen MR) is 121 cm³/mol. The number of carbonyl (C=O) groups is 1. The molecular formula is C21H26N4O3S2. The summed E-state index contributed by atoms with van der Waals surface area (Å²) in [5.74, 6) is 0.989. The number of fused-ring (bicyclic) bond motifs is 3. The van der Waals surface area contributed by atoms with E-state index in [-0.39, 0.29) is 17.2 Å². The fraction of sp³-hybridized carbons (Fsp3) is 0.524. The van der Waals surface area contributed by atoms with Crippen LogP contribution >= 0.6 is 23.1 Å². The molecule has 3 aromatic rings. The molecule has 0 fully saturated rings. The van der Waals surface area contributed by atoms with Gasteiger partial charge in [0.1, 0.15) is 10.6 Å². The van der Waals surface area contributed by atoms with Crippen LogP contribution in [0.25, 0.3) is 10.2 Å². The van der Waals surface area contributed by atoms with Gasteiger partial charge in [-0.1, -0.05) is 43.1 Å². The average Bonchev–Trinajstić information content (AvgIpc) is 3.41. The normalized spacial score (nSPS) is 13.1. The number of anilines is 1. The monoisotopic (exact) mass is 446 g/mol. The number of carbonyl (C=O) groups excluding carboxylic acids is 1. The lowest BCUT2D eigenvalue weighted by atomic mass is 10.2. The third-order valence-electron chi connectivity index (χ3n) is 5.25. The molecule has 0 spiro atoms. The summed E-state index contributed by atoms with van der Waals surface area (Å²) >= 11 is 2.94. The molecule has 160 valence electrons. The summed E-state index contributed by atoms with van der Waals surface area (Å²) in [6, 6.07) is 1.67. The molecular weight excluding hydrogens is 420 g/mol. The molecule has 4 rings (SSSR count). The van der Waals surface area contributed by atoms with E-state index in [0.29, 0.717) is 23.3 Å². The SMILES string of the molecule is CCCCCCn1c(SCC(=O)Nc2cc(C)on2)nc2sc3c(c2c1=O)CCC3. The Hall–Kier alpha value is -2.13. The van der Waals surface area contributed by atoms with E-state index >= 15 is 0 Å². The maximum atomic E-state index is 13.4. The van der Waals surface area contributed by atoms with Crippen molar-refractivity contribution in [2.24, 2.45) is 0 Å². The Morgan fingerprint density at radius 1 is 1.33 bits per heavy atom. The Labute approximate surface area is 183 Å². The molecule has 0 unspecified atom stereocenters. The second-order valence-corrected chi connectivity index (χ2v) is 9.64. The summed E-state index contributed by atoms with van der Waals surface area (Å²) in [5.41, 5.74) is 1.25. The standard InChI is InChI=1S/C21H26N4O3S2/c1-3-4-5-6-10-25-20(27)18-14-8-7-9-15(14)30-19(18)23-21(25)29-12-17(26)22-16-11-13(2)28-24-16/h11H,3-10,12H2,1-2H3,(H,22,24,26). The molecule has 9 heteroatoms. The molecule has 1 N–H and O–H groups in total. The fourth-order valence-corrected chi connectivity index (χ4v) is 5.92. The van der Waals surface area contributed by atoms with Gasteiger partial charge in [-0.2, -0.15) is 0 Å². The van der Waals surface area contributed by atoms with Gasteiger partial charge in [0, 0.05) is 17.5 Å². The smallest absolute Gasteiger partial charge is 0.263 e. The summed E-state index contributed by atoms with van der Waals surface area (Å²) in [4.78, 5) is 32.6. The van der Waals surface area contributed by atoms with Crippen LogP contribution in [0.4, 0.5) is 5.82 Å². The number of nitrogens with one attached hydrogen (secondary N) is 1. The highest BCUT2D eigenvalue weighted by Gasteiger charge is 2.23. The minimum Gasteiger partial charge on any atom is -0.360 e. The Morgan fingerprint density at radius 3 is 2.97 bits per heavy atom. The van der Waals surface area contributed by atoms with Crippen molar-refractivity contribution in [1.29, 1.82) is 0 Å². The van der Waals surface area contributed by atoms with E-state index in [4.69, 9.17) is 9.51 Å². The number of rotatable bonds is 9. The molecule has 0 radical (unpaired) electrons. The van der Waals surface area contributed by atoms with Crippen LogP contribution in [-0.4, -0.2) is 26.4 Å².